The summed E-state index contributed by atoms with van der Waals surface area (Å²) in [4.78, 5) is 1.25. The first-order chi connectivity index (χ1) is 11.2. The van der Waals surface area contributed by atoms with Gasteiger partial charge in [0.25, 0.3) is 0 Å². The summed E-state index contributed by atoms with van der Waals surface area (Å²) in [6, 6.07) is 12.9. The second kappa shape index (κ2) is 5.42. The van der Waals surface area contributed by atoms with Crippen molar-refractivity contribution >= 4 is 22.1 Å². The Bertz CT molecular complexity index is 875. The number of rotatable bonds is 5. The molecule has 0 bridgehead atoms. The van der Waals surface area contributed by atoms with Gasteiger partial charge in [-0.2, -0.15) is 0 Å². The van der Waals surface area contributed by atoms with E-state index in [9.17, 15) is 10.2 Å². The number of hydrogen-bond donors (Lipinski definition) is 3. The zero-order valence-electron chi connectivity index (χ0n) is 13.0. The van der Waals surface area contributed by atoms with E-state index >= 15 is 0 Å². The van der Waals surface area contributed by atoms with E-state index in [4.69, 9.17) is 0 Å². The topological polar surface area (TPSA) is 52.5 Å². The van der Waals surface area contributed by atoms with Gasteiger partial charge in [0, 0.05) is 22.5 Å². The lowest BCUT2D eigenvalue weighted by molar-refractivity contribution is 0.103. The van der Waals surface area contributed by atoms with E-state index in [-0.39, 0.29) is 13.2 Å². The molecule has 118 valence electrons. The van der Waals surface area contributed by atoms with E-state index in [1.165, 1.54) is 37.9 Å². The molecule has 0 fully saturated rings. The van der Waals surface area contributed by atoms with Crippen molar-refractivity contribution in [2.75, 3.05) is 13.2 Å². The zero-order chi connectivity index (χ0) is 16.0. The number of fused-ring (bicyclic) bond motifs is 3. The second-order valence-corrected chi connectivity index (χ2v) is 7.35. The lowest BCUT2D eigenvalue weighted by Gasteiger charge is -2.26. The number of nitrogens with one attached hydrogen (secondary N) is 1. The van der Waals surface area contributed by atoms with Crippen LogP contribution in [0.2, 0.25) is 0 Å². The summed E-state index contributed by atoms with van der Waals surface area (Å²) in [5, 5.41) is 27.0. The van der Waals surface area contributed by atoms with Gasteiger partial charge in [0.1, 0.15) is 0 Å². The van der Waals surface area contributed by atoms with Crippen LogP contribution in [0.5, 0.6) is 0 Å². The fourth-order valence-electron chi connectivity index (χ4n) is 3.25. The van der Waals surface area contributed by atoms with Crippen molar-refractivity contribution in [1.29, 1.82) is 0 Å². The summed E-state index contributed by atoms with van der Waals surface area (Å²) in [5.74, 6) is 0. The minimum atomic E-state index is -0.658. The number of aliphatic hydroxyl groups excluding tert-OH is 2. The average molecular weight is 325 g/mol. The maximum Gasteiger partial charge on any atom is 0.0633 e. The van der Waals surface area contributed by atoms with Crippen LogP contribution in [0.25, 0.3) is 33.0 Å². The first kappa shape index (κ1) is 14.8. The number of aliphatic hydroxyl groups is 2. The van der Waals surface area contributed by atoms with Gasteiger partial charge in [0.05, 0.1) is 18.8 Å². The molecule has 0 radical (unpaired) electrons. The van der Waals surface area contributed by atoms with E-state index in [2.05, 4.69) is 47.1 Å². The van der Waals surface area contributed by atoms with Crippen LogP contribution in [0, 0.1) is 0 Å². The molecule has 3 N–H and O–H groups in total. The Hall–Kier alpha value is -1.72. The fourth-order valence-corrected chi connectivity index (χ4v) is 4.25. The predicted octanol–water partition coefficient (Wildman–Crippen LogP) is 3.38. The van der Waals surface area contributed by atoms with Gasteiger partial charge in [-0.3, -0.25) is 0 Å². The summed E-state index contributed by atoms with van der Waals surface area (Å²) >= 11 is 1.74. The highest BCUT2D eigenvalue weighted by Crippen LogP contribution is 2.50. The van der Waals surface area contributed by atoms with Gasteiger partial charge >= 0.3 is 0 Å². The number of hydrogen-bond acceptors (Lipinski definition) is 4. The van der Waals surface area contributed by atoms with E-state index in [1.807, 2.05) is 6.92 Å². The Balaban J connectivity index is 1.77. The van der Waals surface area contributed by atoms with Crippen molar-refractivity contribution in [2.24, 2.45) is 0 Å². The molecular formula is C19H19NO2S. The van der Waals surface area contributed by atoms with Crippen LogP contribution in [0.3, 0.4) is 0 Å². The second-order valence-electron chi connectivity index (χ2n) is 6.39. The quantitative estimate of drug-likeness (QED) is 0.527. The summed E-state index contributed by atoms with van der Waals surface area (Å²) in [5.41, 5.74) is 4.54. The number of benzene rings is 2. The van der Waals surface area contributed by atoms with Crippen molar-refractivity contribution in [3.05, 3.63) is 46.7 Å². The van der Waals surface area contributed by atoms with E-state index in [0.29, 0.717) is 6.54 Å². The third-order valence-corrected chi connectivity index (χ3v) is 5.69. The first-order valence-electron chi connectivity index (χ1n) is 7.76. The van der Waals surface area contributed by atoms with Gasteiger partial charge in [0.15, 0.2) is 0 Å². The fraction of sp³-hybridized carbons (Fsp3) is 0.263. The molecule has 0 unspecified atom stereocenters. The highest BCUT2D eigenvalue weighted by atomic mass is 32.1. The Labute approximate surface area is 139 Å². The highest BCUT2D eigenvalue weighted by Gasteiger charge is 2.27. The molecule has 2 aromatic carbocycles. The first-order valence-corrected chi connectivity index (χ1v) is 8.64. The van der Waals surface area contributed by atoms with Crippen LogP contribution in [-0.4, -0.2) is 29.0 Å². The smallest absolute Gasteiger partial charge is 0.0633 e. The van der Waals surface area contributed by atoms with Crippen LogP contribution < -0.4 is 5.32 Å². The predicted molar refractivity (Wildman–Crippen MR) is 95.7 cm³/mol. The molecule has 0 saturated heterocycles. The Morgan fingerprint density at radius 2 is 1.70 bits per heavy atom. The highest BCUT2D eigenvalue weighted by molar-refractivity contribution is 7.11. The van der Waals surface area contributed by atoms with Gasteiger partial charge in [0.2, 0.25) is 0 Å². The molecule has 1 aromatic heterocycles. The Kier molecular flexibility index (Phi) is 3.50. The molecule has 0 atom stereocenters. The number of thiophene rings is 1. The lowest BCUT2D eigenvalue weighted by atomic mass is 10.0. The van der Waals surface area contributed by atoms with Crippen LogP contribution in [-0.2, 0) is 6.54 Å². The zero-order valence-corrected chi connectivity index (χ0v) is 13.8. The molecule has 0 amide bonds. The molecule has 0 spiro atoms. The van der Waals surface area contributed by atoms with Crippen molar-refractivity contribution in [3.8, 4) is 22.3 Å². The van der Waals surface area contributed by atoms with Gasteiger partial charge in [-0.25, -0.2) is 0 Å². The van der Waals surface area contributed by atoms with Crippen LogP contribution >= 0.6 is 11.3 Å². The molecule has 1 aliphatic carbocycles. The standard InChI is InChI=1S/C19H19NO2S/c1-19(10-21,11-22)20-8-16-18-14-7-3-5-12-4-2-6-13(17(12)14)15(18)9-23-16/h2-7,9,20-22H,8,10-11H2,1H3. The van der Waals surface area contributed by atoms with Gasteiger partial charge in [-0.05, 0) is 34.2 Å². The van der Waals surface area contributed by atoms with E-state index in [1.54, 1.807) is 11.3 Å². The minimum absolute atomic E-state index is 0.0904. The summed E-state index contributed by atoms with van der Waals surface area (Å²) in [6.07, 6.45) is 0. The third-order valence-electron chi connectivity index (χ3n) is 4.71. The van der Waals surface area contributed by atoms with Gasteiger partial charge < -0.3 is 15.5 Å². The molecule has 4 heteroatoms. The largest absolute Gasteiger partial charge is 0.394 e. The Morgan fingerprint density at radius 1 is 1.00 bits per heavy atom. The van der Waals surface area contributed by atoms with Crippen LogP contribution in [0.15, 0.2) is 41.8 Å². The van der Waals surface area contributed by atoms with E-state index in [0.717, 1.165) is 0 Å². The molecule has 1 heterocycles. The maximum atomic E-state index is 9.45. The van der Waals surface area contributed by atoms with Crippen molar-refractivity contribution in [2.45, 2.75) is 19.0 Å². The Morgan fingerprint density at radius 3 is 2.39 bits per heavy atom. The molecule has 23 heavy (non-hydrogen) atoms. The molecule has 3 aromatic rings. The summed E-state index contributed by atoms with van der Waals surface area (Å²) < 4.78 is 0. The van der Waals surface area contributed by atoms with Crippen molar-refractivity contribution < 1.29 is 10.2 Å². The normalized spacial score (nSPS) is 12.8. The molecule has 4 rings (SSSR count). The van der Waals surface area contributed by atoms with Gasteiger partial charge in [-0.1, -0.05) is 36.4 Å². The summed E-state index contributed by atoms with van der Waals surface area (Å²) in [6.45, 7) is 2.29. The molecule has 1 aliphatic rings. The van der Waals surface area contributed by atoms with E-state index < -0.39 is 5.54 Å². The third kappa shape index (κ3) is 2.22. The molecular weight excluding hydrogens is 306 g/mol. The van der Waals surface area contributed by atoms with Crippen molar-refractivity contribution in [3.63, 3.8) is 0 Å². The van der Waals surface area contributed by atoms with Gasteiger partial charge in [-0.15, -0.1) is 11.3 Å². The maximum absolute atomic E-state index is 9.45. The minimum Gasteiger partial charge on any atom is -0.394 e. The molecule has 0 aliphatic heterocycles. The molecule has 0 saturated carbocycles. The molecule has 3 nitrogen and oxygen atoms in total. The average Bonchev–Trinajstić information content (AvgIpc) is 3.15. The van der Waals surface area contributed by atoms with Crippen LogP contribution in [0.1, 0.15) is 11.8 Å². The lowest BCUT2D eigenvalue weighted by Crippen LogP contribution is -2.48. The SMILES string of the molecule is CC(CO)(CO)NCc1scc2c1-c1cccc3cccc-2c13. The monoisotopic (exact) mass is 325 g/mol. The summed E-state index contributed by atoms with van der Waals surface area (Å²) in [7, 11) is 0. The van der Waals surface area contributed by atoms with Crippen molar-refractivity contribution in [1.82, 2.24) is 5.32 Å². The van der Waals surface area contributed by atoms with Crippen LogP contribution in [0.4, 0.5) is 0 Å².